The van der Waals surface area contributed by atoms with Crippen molar-refractivity contribution in [3.05, 3.63) is 0 Å². The van der Waals surface area contributed by atoms with Crippen molar-refractivity contribution in [2.45, 2.75) is 72.8 Å². The number of hydrogen-bond donors (Lipinski definition) is 1. The van der Waals surface area contributed by atoms with Crippen LogP contribution in [0.15, 0.2) is 0 Å². The molecular formula is C15H32N+. The quantitative estimate of drug-likeness (QED) is 0.735. The monoisotopic (exact) mass is 226 g/mol. The fourth-order valence-electron chi connectivity index (χ4n) is 3.73. The summed E-state index contributed by atoms with van der Waals surface area (Å²) in [6.45, 7) is 14.7. The molecular weight excluding hydrogens is 194 g/mol. The van der Waals surface area contributed by atoms with Gasteiger partial charge in [-0.05, 0) is 31.1 Å². The Morgan fingerprint density at radius 1 is 1.19 bits per heavy atom. The average Bonchev–Trinajstić information content (AvgIpc) is 2.15. The fourth-order valence-corrected chi connectivity index (χ4v) is 3.73. The molecule has 0 saturated heterocycles. The normalized spacial score (nSPS) is 31.3. The standard InChI is InChI=1S/C15H31N/c1-6-8-9-16(7-2)14-10-13(3)11-15(4,5)12-14/h13-14H,6-12H2,1-5H3/p+1. The number of rotatable bonds is 5. The van der Waals surface area contributed by atoms with Crippen molar-refractivity contribution in [1.82, 2.24) is 0 Å². The van der Waals surface area contributed by atoms with E-state index in [0.717, 1.165) is 12.0 Å². The Balaban J connectivity index is 2.55. The van der Waals surface area contributed by atoms with Crippen LogP contribution in [0, 0.1) is 11.3 Å². The maximum Gasteiger partial charge on any atom is 0.0882 e. The predicted molar refractivity (Wildman–Crippen MR) is 71.9 cm³/mol. The first kappa shape index (κ1) is 14.0. The van der Waals surface area contributed by atoms with Crippen LogP contribution in [0.4, 0.5) is 0 Å². The van der Waals surface area contributed by atoms with Crippen LogP contribution in [0.25, 0.3) is 0 Å². The summed E-state index contributed by atoms with van der Waals surface area (Å²) in [4.78, 5) is 1.86. The minimum absolute atomic E-state index is 0.578. The highest BCUT2D eigenvalue weighted by atomic mass is 15.1. The summed E-state index contributed by atoms with van der Waals surface area (Å²) in [6.07, 6.45) is 7.05. The van der Waals surface area contributed by atoms with Crippen molar-refractivity contribution in [3.8, 4) is 0 Å². The lowest BCUT2D eigenvalue weighted by atomic mass is 9.70. The average molecular weight is 226 g/mol. The van der Waals surface area contributed by atoms with E-state index in [1.165, 1.54) is 45.2 Å². The molecule has 1 rings (SSSR count). The molecule has 0 aromatic rings. The summed E-state index contributed by atoms with van der Waals surface area (Å²) in [5.74, 6) is 0.928. The van der Waals surface area contributed by atoms with Gasteiger partial charge in [-0.15, -0.1) is 0 Å². The van der Waals surface area contributed by atoms with Gasteiger partial charge >= 0.3 is 0 Å². The van der Waals surface area contributed by atoms with E-state index in [4.69, 9.17) is 0 Å². The van der Waals surface area contributed by atoms with Crippen LogP contribution in [0.2, 0.25) is 0 Å². The van der Waals surface area contributed by atoms with Crippen molar-refractivity contribution < 1.29 is 4.90 Å². The van der Waals surface area contributed by atoms with E-state index < -0.39 is 0 Å². The molecule has 0 aromatic carbocycles. The van der Waals surface area contributed by atoms with E-state index in [-0.39, 0.29) is 0 Å². The Bertz CT molecular complexity index is 198. The van der Waals surface area contributed by atoms with Gasteiger partial charge in [-0.2, -0.15) is 0 Å². The summed E-state index contributed by atoms with van der Waals surface area (Å²) < 4.78 is 0. The first-order chi connectivity index (χ1) is 7.48. The Morgan fingerprint density at radius 3 is 2.38 bits per heavy atom. The smallest absolute Gasteiger partial charge is 0.0882 e. The lowest BCUT2D eigenvalue weighted by Gasteiger charge is -2.41. The van der Waals surface area contributed by atoms with Crippen LogP contribution in [-0.4, -0.2) is 19.1 Å². The Hall–Kier alpha value is -0.0400. The predicted octanol–water partition coefficient (Wildman–Crippen LogP) is 2.91. The minimum Gasteiger partial charge on any atom is -0.333 e. The molecule has 1 fully saturated rings. The zero-order valence-electron chi connectivity index (χ0n) is 12.1. The second-order valence-corrected chi connectivity index (χ2v) is 6.73. The maximum atomic E-state index is 2.46. The molecule has 0 heterocycles. The van der Waals surface area contributed by atoms with Crippen molar-refractivity contribution in [1.29, 1.82) is 0 Å². The Labute approximate surface area is 103 Å². The molecule has 0 bridgehead atoms. The summed E-state index contributed by atoms with van der Waals surface area (Å²) in [5.41, 5.74) is 0.578. The second-order valence-electron chi connectivity index (χ2n) is 6.73. The zero-order chi connectivity index (χ0) is 12.2. The fraction of sp³-hybridized carbons (Fsp3) is 1.00. The van der Waals surface area contributed by atoms with Crippen LogP contribution in [-0.2, 0) is 0 Å². The van der Waals surface area contributed by atoms with Crippen LogP contribution in [0.3, 0.4) is 0 Å². The molecule has 1 N–H and O–H groups in total. The minimum atomic E-state index is 0.578. The van der Waals surface area contributed by atoms with Crippen molar-refractivity contribution in [2.75, 3.05) is 13.1 Å². The molecule has 3 unspecified atom stereocenters. The Morgan fingerprint density at radius 2 is 1.88 bits per heavy atom. The van der Waals surface area contributed by atoms with Crippen molar-refractivity contribution in [2.24, 2.45) is 11.3 Å². The number of quaternary nitrogens is 1. The summed E-state index contributed by atoms with van der Waals surface area (Å²) in [6, 6.07) is 0.926. The van der Waals surface area contributed by atoms with E-state index in [1.807, 2.05) is 4.90 Å². The summed E-state index contributed by atoms with van der Waals surface area (Å²) in [7, 11) is 0. The van der Waals surface area contributed by atoms with Crippen LogP contribution in [0.1, 0.15) is 66.7 Å². The van der Waals surface area contributed by atoms with Gasteiger partial charge in [-0.25, -0.2) is 0 Å². The molecule has 0 radical (unpaired) electrons. The first-order valence-corrected chi connectivity index (χ1v) is 7.33. The Kier molecular flexibility index (Phi) is 5.30. The van der Waals surface area contributed by atoms with Gasteiger partial charge in [0.25, 0.3) is 0 Å². The summed E-state index contributed by atoms with van der Waals surface area (Å²) in [5, 5.41) is 0. The molecule has 1 saturated carbocycles. The molecule has 3 atom stereocenters. The second kappa shape index (κ2) is 6.05. The number of unbranched alkanes of at least 4 members (excludes halogenated alkanes) is 1. The maximum absolute atomic E-state index is 2.46. The van der Waals surface area contributed by atoms with Gasteiger partial charge in [0.1, 0.15) is 0 Å². The first-order valence-electron chi connectivity index (χ1n) is 7.33. The lowest BCUT2D eigenvalue weighted by molar-refractivity contribution is -0.926. The molecule has 1 aliphatic carbocycles. The van der Waals surface area contributed by atoms with E-state index in [1.54, 1.807) is 0 Å². The topological polar surface area (TPSA) is 4.44 Å². The zero-order valence-corrected chi connectivity index (χ0v) is 12.1. The van der Waals surface area contributed by atoms with Crippen LogP contribution < -0.4 is 4.90 Å². The molecule has 0 spiro atoms. The van der Waals surface area contributed by atoms with Gasteiger partial charge in [0.05, 0.1) is 19.1 Å². The molecule has 1 aliphatic rings. The number of hydrogen-bond acceptors (Lipinski definition) is 0. The van der Waals surface area contributed by atoms with Gasteiger partial charge in [-0.3, -0.25) is 0 Å². The van der Waals surface area contributed by atoms with Gasteiger partial charge in [0, 0.05) is 12.8 Å². The third-order valence-electron chi connectivity index (χ3n) is 4.27. The van der Waals surface area contributed by atoms with Gasteiger partial charge < -0.3 is 4.90 Å². The van der Waals surface area contributed by atoms with Crippen LogP contribution >= 0.6 is 0 Å². The van der Waals surface area contributed by atoms with E-state index in [2.05, 4.69) is 34.6 Å². The molecule has 1 heteroatoms. The van der Waals surface area contributed by atoms with E-state index >= 15 is 0 Å². The third kappa shape index (κ3) is 4.08. The molecule has 1 nitrogen and oxygen atoms in total. The SMILES string of the molecule is CCCC[NH+](CC)C1CC(C)CC(C)(C)C1. The van der Waals surface area contributed by atoms with Crippen LogP contribution in [0.5, 0.6) is 0 Å². The molecule has 96 valence electrons. The highest BCUT2D eigenvalue weighted by Gasteiger charge is 2.36. The largest absolute Gasteiger partial charge is 0.333 e. The number of nitrogens with one attached hydrogen (secondary N) is 1. The van der Waals surface area contributed by atoms with E-state index in [9.17, 15) is 0 Å². The van der Waals surface area contributed by atoms with Gasteiger partial charge in [0.15, 0.2) is 0 Å². The van der Waals surface area contributed by atoms with Gasteiger partial charge in [-0.1, -0.05) is 34.1 Å². The molecule has 0 amide bonds. The van der Waals surface area contributed by atoms with Gasteiger partial charge in [0.2, 0.25) is 0 Å². The summed E-state index contributed by atoms with van der Waals surface area (Å²) >= 11 is 0. The molecule has 0 aromatic heterocycles. The van der Waals surface area contributed by atoms with Crippen molar-refractivity contribution in [3.63, 3.8) is 0 Å². The third-order valence-corrected chi connectivity index (χ3v) is 4.27. The highest BCUT2D eigenvalue weighted by Crippen LogP contribution is 2.37. The van der Waals surface area contributed by atoms with Crippen molar-refractivity contribution >= 4 is 0 Å². The highest BCUT2D eigenvalue weighted by molar-refractivity contribution is 4.82. The lowest BCUT2D eigenvalue weighted by Crippen LogP contribution is -3.15. The van der Waals surface area contributed by atoms with E-state index in [0.29, 0.717) is 5.41 Å². The molecule has 0 aliphatic heterocycles. The molecule has 16 heavy (non-hydrogen) atoms.